The summed E-state index contributed by atoms with van der Waals surface area (Å²) in [6.45, 7) is 4.56. The Morgan fingerprint density at radius 3 is 2.76 bits per heavy atom. The van der Waals surface area contributed by atoms with E-state index in [1.54, 1.807) is 18.2 Å². The van der Waals surface area contributed by atoms with E-state index in [0.29, 0.717) is 22.4 Å². The van der Waals surface area contributed by atoms with Gasteiger partial charge in [0.1, 0.15) is 0 Å². The summed E-state index contributed by atoms with van der Waals surface area (Å²) in [5.74, 6) is 0.710. The van der Waals surface area contributed by atoms with Gasteiger partial charge in [-0.05, 0) is 38.1 Å². The molecule has 0 unspecified atom stereocenters. The molecule has 0 aliphatic heterocycles. The van der Waals surface area contributed by atoms with Crippen LogP contribution in [0, 0.1) is 13.8 Å². The minimum atomic E-state index is 0.557. The van der Waals surface area contributed by atoms with Crippen molar-refractivity contribution in [1.29, 1.82) is 0 Å². The Morgan fingerprint density at radius 2 is 1.95 bits per heavy atom. The van der Waals surface area contributed by atoms with Crippen molar-refractivity contribution < 1.29 is 0 Å². The van der Waals surface area contributed by atoms with E-state index in [4.69, 9.17) is 23.2 Å². The summed E-state index contributed by atoms with van der Waals surface area (Å²) in [5.41, 5.74) is 3.76. The third kappa shape index (κ3) is 2.96. The third-order valence-electron chi connectivity index (χ3n) is 3.20. The van der Waals surface area contributed by atoms with Gasteiger partial charge < -0.3 is 5.32 Å². The molecular formula is C15H14Cl2N4. The minimum absolute atomic E-state index is 0.557. The molecule has 1 N–H and O–H groups in total. The van der Waals surface area contributed by atoms with E-state index in [2.05, 4.69) is 15.3 Å². The molecular weight excluding hydrogens is 307 g/mol. The summed E-state index contributed by atoms with van der Waals surface area (Å²) in [6, 6.07) is 7.36. The van der Waals surface area contributed by atoms with Gasteiger partial charge in [0.25, 0.3) is 0 Å². The van der Waals surface area contributed by atoms with Crippen LogP contribution in [0.2, 0.25) is 10.0 Å². The van der Waals surface area contributed by atoms with E-state index in [9.17, 15) is 0 Å². The highest BCUT2D eigenvalue weighted by Gasteiger charge is 2.07. The summed E-state index contributed by atoms with van der Waals surface area (Å²) in [7, 11) is 0. The quantitative estimate of drug-likeness (QED) is 0.783. The molecule has 0 atom stereocenters. The van der Waals surface area contributed by atoms with Crippen LogP contribution >= 0.6 is 23.2 Å². The van der Waals surface area contributed by atoms with Crippen molar-refractivity contribution in [2.24, 2.45) is 0 Å². The zero-order valence-corrected chi connectivity index (χ0v) is 13.2. The number of nitrogens with one attached hydrogen (secondary N) is 1. The summed E-state index contributed by atoms with van der Waals surface area (Å²) in [4.78, 5) is 8.94. The number of halogens is 2. The average Bonchev–Trinajstić information content (AvgIpc) is 2.83. The highest BCUT2D eigenvalue weighted by Crippen LogP contribution is 2.25. The van der Waals surface area contributed by atoms with Crippen LogP contribution in [0.25, 0.3) is 5.78 Å². The molecule has 0 amide bonds. The van der Waals surface area contributed by atoms with E-state index < -0.39 is 0 Å². The van der Waals surface area contributed by atoms with Crippen molar-refractivity contribution in [3.63, 3.8) is 0 Å². The minimum Gasteiger partial charge on any atom is -0.378 e. The molecule has 3 rings (SSSR count). The van der Waals surface area contributed by atoms with E-state index in [0.717, 1.165) is 22.8 Å². The van der Waals surface area contributed by atoms with Gasteiger partial charge in [0.2, 0.25) is 5.78 Å². The zero-order chi connectivity index (χ0) is 15.0. The first kappa shape index (κ1) is 14.2. The predicted octanol–water partition coefficient (Wildman–Crippen LogP) is 4.27. The fourth-order valence-electron chi connectivity index (χ4n) is 2.22. The molecule has 0 saturated carbocycles. The summed E-state index contributed by atoms with van der Waals surface area (Å²) in [6.07, 6.45) is 1.97. The standard InChI is InChI=1S/C15H14Cl2N4/c1-9-5-10(2)21-8-12(20-15(21)19-9)7-18-14-6-11(16)3-4-13(14)17/h3-6,8,18H,7H2,1-2H3. The molecule has 21 heavy (non-hydrogen) atoms. The molecule has 0 saturated heterocycles. The number of imidazole rings is 1. The molecule has 0 radical (unpaired) electrons. The van der Waals surface area contributed by atoms with Crippen LogP contribution < -0.4 is 5.32 Å². The second-order valence-electron chi connectivity index (χ2n) is 4.92. The summed E-state index contributed by atoms with van der Waals surface area (Å²) in [5, 5.41) is 4.52. The number of hydrogen-bond acceptors (Lipinski definition) is 3. The first-order valence-electron chi connectivity index (χ1n) is 6.54. The Kier molecular flexibility index (Phi) is 3.74. The van der Waals surface area contributed by atoms with Gasteiger partial charge in [-0.15, -0.1) is 0 Å². The van der Waals surface area contributed by atoms with Crippen molar-refractivity contribution in [3.8, 4) is 0 Å². The lowest BCUT2D eigenvalue weighted by atomic mass is 10.3. The SMILES string of the molecule is Cc1cc(C)n2cc(CNc3cc(Cl)ccc3Cl)nc2n1. The Hall–Kier alpha value is -1.78. The number of benzene rings is 1. The first-order chi connectivity index (χ1) is 10.0. The van der Waals surface area contributed by atoms with Crippen molar-refractivity contribution in [2.75, 3.05) is 5.32 Å². The average molecular weight is 321 g/mol. The number of hydrogen-bond donors (Lipinski definition) is 1. The van der Waals surface area contributed by atoms with Crippen LogP contribution in [0.4, 0.5) is 5.69 Å². The van der Waals surface area contributed by atoms with E-state index in [-0.39, 0.29) is 0 Å². The smallest absolute Gasteiger partial charge is 0.234 e. The van der Waals surface area contributed by atoms with E-state index in [1.807, 2.05) is 30.5 Å². The molecule has 0 fully saturated rings. The Bertz CT molecular complexity index is 811. The molecule has 4 nitrogen and oxygen atoms in total. The van der Waals surface area contributed by atoms with Crippen LogP contribution in [0.15, 0.2) is 30.5 Å². The van der Waals surface area contributed by atoms with Crippen molar-refractivity contribution in [1.82, 2.24) is 14.4 Å². The Labute approximate surface area is 132 Å². The molecule has 0 bridgehead atoms. The maximum absolute atomic E-state index is 6.13. The van der Waals surface area contributed by atoms with Crippen molar-refractivity contribution >= 4 is 34.7 Å². The number of aromatic nitrogens is 3. The second-order valence-corrected chi connectivity index (χ2v) is 5.76. The highest BCUT2D eigenvalue weighted by molar-refractivity contribution is 6.35. The monoisotopic (exact) mass is 320 g/mol. The maximum Gasteiger partial charge on any atom is 0.234 e. The van der Waals surface area contributed by atoms with Gasteiger partial charge in [-0.25, -0.2) is 9.97 Å². The largest absolute Gasteiger partial charge is 0.378 e. The van der Waals surface area contributed by atoms with Gasteiger partial charge >= 0.3 is 0 Å². The summed E-state index contributed by atoms with van der Waals surface area (Å²) < 4.78 is 1.98. The van der Waals surface area contributed by atoms with Crippen LogP contribution in [0.1, 0.15) is 17.1 Å². The zero-order valence-electron chi connectivity index (χ0n) is 11.7. The third-order valence-corrected chi connectivity index (χ3v) is 3.76. The fourth-order valence-corrected chi connectivity index (χ4v) is 2.58. The van der Waals surface area contributed by atoms with Gasteiger partial charge in [-0.2, -0.15) is 0 Å². The lowest BCUT2D eigenvalue weighted by molar-refractivity contribution is 1.01. The predicted molar refractivity (Wildman–Crippen MR) is 86.2 cm³/mol. The molecule has 1 aromatic carbocycles. The molecule has 2 heterocycles. The highest BCUT2D eigenvalue weighted by atomic mass is 35.5. The van der Waals surface area contributed by atoms with Gasteiger partial charge in [0.15, 0.2) is 0 Å². The van der Waals surface area contributed by atoms with Gasteiger partial charge in [-0.1, -0.05) is 23.2 Å². The maximum atomic E-state index is 6.13. The molecule has 6 heteroatoms. The topological polar surface area (TPSA) is 42.2 Å². The normalized spacial score (nSPS) is 11.0. The number of aryl methyl sites for hydroxylation is 2. The molecule has 0 aliphatic carbocycles. The van der Waals surface area contributed by atoms with Crippen LogP contribution in [-0.4, -0.2) is 14.4 Å². The molecule has 2 aromatic heterocycles. The molecule has 0 spiro atoms. The molecule has 0 aliphatic rings. The van der Waals surface area contributed by atoms with E-state index in [1.165, 1.54) is 0 Å². The second kappa shape index (κ2) is 5.54. The molecule has 108 valence electrons. The Balaban J connectivity index is 1.85. The van der Waals surface area contributed by atoms with Gasteiger partial charge in [0, 0.05) is 22.6 Å². The van der Waals surface area contributed by atoms with Crippen molar-refractivity contribution in [3.05, 3.63) is 57.6 Å². The molecule has 3 aromatic rings. The number of fused-ring (bicyclic) bond motifs is 1. The van der Waals surface area contributed by atoms with Crippen LogP contribution in [0.3, 0.4) is 0 Å². The first-order valence-corrected chi connectivity index (χ1v) is 7.29. The lowest BCUT2D eigenvalue weighted by Gasteiger charge is -2.06. The lowest BCUT2D eigenvalue weighted by Crippen LogP contribution is -2.00. The fraction of sp³-hybridized carbons (Fsp3) is 0.200. The Morgan fingerprint density at radius 1 is 1.14 bits per heavy atom. The van der Waals surface area contributed by atoms with Crippen LogP contribution in [-0.2, 0) is 6.54 Å². The number of nitrogens with zero attached hydrogens (tertiary/aromatic N) is 3. The van der Waals surface area contributed by atoms with E-state index >= 15 is 0 Å². The summed E-state index contributed by atoms with van der Waals surface area (Å²) >= 11 is 12.1. The number of anilines is 1. The van der Waals surface area contributed by atoms with Gasteiger partial charge in [-0.3, -0.25) is 4.40 Å². The van der Waals surface area contributed by atoms with Crippen LogP contribution in [0.5, 0.6) is 0 Å². The number of rotatable bonds is 3. The van der Waals surface area contributed by atoms with Gasteiger partial charge in [0.05, 0.1) is 22.9 Å². The van der Waals surface area contributed by atoms with Crippen molar-refractivity contribution in [2.45, 2.75) is 20.4 Å².